The lowest BCUT2D eigenvalue weighted by Gasteiger charge is -2.26. The zero-order valence-electron chi connectivity index (χ0n) is 12.2. The highest BCUT2D eigenvalue weighted by atomic mass is 16.5. The molecule has 1 aliphatic heterocycles. The van der Waals surface area contributed by atoms with Crippen molar-refractivity contribution in [2.75, 3.05) is 26.7 Å². The molecule has 1 aromatic carbocycles. The molecule has 1 fully saturated rings. The third-order valence-electron chi connectivity index (χ3n) is 4.07. The first kappa shape index (κ1) is 14.1. The van der Waals surface area contributed by atoms with E-state index in [2.05, 4.69) is 4.90 Å². The van der Waals surface area contributed by atoms with Gasteiger partial charge in [-0.1, -0.05) is 6.42 Å². The molecule has 0 radical (unpaired) electrons. The summed E-state index contributed by atoms with van der Waals surface area (Å²) in [5.41, 5.74) is 2.94. The molecule has 0 unspecified atom stereocenters. The van der Waals surface area contributed by atoms with E-state index in [0.717, 1.165) is 35.5 Å². The van der Waals surface area contributed by atoms with Gasteiger partial charge in [0.1, 0.15) is 5.75 Å². The first-order chi connectivity index (χ1) is 9.13. The van der Waals surface area contributed by atoms with Crippen molar-refractivity contribution in [3.63, 3.8) is 0 Å². The van der Waals surface area contributed by atoms with Crippen molar-refractivity contribution in [1.82, 2.24) is 4.90 Å². The Balaban J connectivity index is 2.12. The van der Waals surface area contributed by atoms with Crippen LogP contribution in [0.5, 0.6) is 5.75 Å². The quantitative estimate of drug-likeness (QED) is 0.780. The highest BCUT2D eigenvalue weighted by molar-refractivity contribution is 5.99. The van der Waals surface area contributed by atoms with Gasteiger partial charge in [-0.3, -0.25) is 9.69 Å². The average molecular weight is 261 g/mol. The Morgan fingerprint density at radius 3 is 2.47 bits per heavy atom. The van der Waals surface area contributed by atoms with E-state index in [-0.39, 0.29) is 5.78 Å². The van der Waals surface area contributed by atoms with Crippen LogP contribution in [0.1, 0.15) is 40.7 Å². The van der Waals surface area contributed by atoms with Gasteiger partial charge in [0.2, 0.25) is 0 Å². The van der Waals surface area contributed by atoms with Gasteiger partial charge in [0.25, 0.3) is 0 Å². The van der Waals surface area contributed by atoms with Gasteiger partial charge in [-0.25, -0.2) is 0 Å². The Bertz CT molecular complexity index is 462. The Labute approximate surface area is 115 Å². The molecule has 1 aromatic rings. The molecule has 0 atom stereocenters. The number of Topliss-reactive ketones (excluding diaryl/α,β-unsaturated/α-hetero) is 1. The number of carbonyl (C=O) groups excluding carboxylic acids is 1. The van der Waals surface area contributed by atoms with Gasteiger partial charge in [0.05, 0.1) is 13.7 Å². The van der Waals surface area contributed by atoms with E-state index >= 15 is 0 Å². The van der Waals surface area contributed by atoms with Gasteiger partial charge in [0, 0.05) is 5.56 Å². The maximum absolute atomic E-state index is 12.4. The summed E-state index contributed by atoms with van der Waals surface area (Å²) < 4.78 is 5.29. The number of likely N-dealkylation sites (tertiary alicyclic amines) is 1. The molecule has 2 rings (SSSR count). The summed E-state index contributed by atoms with van der Waals surface area (Å²) >= 11 is 0. The number of hydrogen-bond acceptors (Lipinski definition) is 3. The van der Waals surface area contributed by atoms with Gasteiger partial charge in [-0.05, 0) is 63.0 Å². The zero-order valence-corrected chi connectivity index (χ0v) is 12.2. The summed E-state index contributed by atoms with van der Waals surface area (Å²) in [5, 5.41) is 0. The summed E-state index contributed by atoms with van der Waals surface area (Å²) in [4.78, 5) is 14.7. The largest absolute Gasteiger partial charge is 0.496 e. The number of rotatable bonds is 4. The standard InChI is InChI=1S/C16H23NO2/c1-12-13(2)16(19-3)8-7-14(12)15(18)11-17-9-5-4-6-10-17/h7-8H,4-6,9-11H2,1-3H3. The molecular weight excluding hydrogens is 238 g/mol. The highest BCUT2D eigenvalue weighted by Gasteiger charge is 2.18. The first-order valence-electron chi connectivity index (χ1n) is 7.03. The fourth-order valence-electron chi connectivity index (χ4n) is 2.72. The minimum Gasteiger partial charge on any atom is -0.496 e. The van der Waals surface area contributed by atoms with Crippen LogP contribution in [0.25, 0.3) is 0 Å². The average Bonchev–Trinajstić information content (AvgIpc) is 2.42. The topological polar surface area (TPSA) is 29.5 Å². The van der Waals surface area contributed by atoms with Gasteiger partial charge >= 0.3 is 0 Å². The minimum absolute atomic E-state index is 0.227. The van der Waals surface area contributed by atoms with Crippen LogP contribution in [-0.2, 0) is 0 Å². The lowest BCUT2D eigenvalue weighted by Crippen LogP contribution is -2.34. The number of ether oxygens (including phenoxy) is 1. The van der Waals surface area contributed by atoms with E-state index in [0.29, 0.717) is 6.54 Å². The lowest BCUT2D eigenvalue weighted by molar-refractivity contribution is 0.0915. The molecule has 19 heavy (non-hydrogen) atoms. The maximum atomic E-state index is 12.4. The number of hydrogen-bond donors (Lipinski definition) is 0. The molecule has 0 saturated carbocycles. The van der Waals surface area contributed by atoms with E-state index in [1.165, 1.54) is 19.3 Å². The molecule has 0 N–H and O–H groups in total. The molecule has 0 spiro atoms. The van der Waals surface area contributed by atoms with E-state index in [1.807, 2.05) is 26.0 Å². The van der Waals surface area contributed by atoms with Crippen molar-refractivity contribution < 1.29 is 9.53 Å². The molecule has 3 heteroatoms. The molecule has 0 aromatic heterocycles. The Morgan fingerprint density at radius 1 is 1.16 bits per heavy atom. The normalized spacial score (nSPS) is 16.4. The summed E-state index contributed by atoms with van der Waals surface area (Å²) in [6.07, 6.45) is 3.73. The van der Waals surface area contributed by atoms with Crippen molar-refractivity contribution in [3.05, 3.63) is 28.8 Å². The van der Waals surface area contributed by atoms with Crippen molar-refractivity contribution in [2.24, 2.45) is 0 Å². The SMILES string of the molecule is COc1ccc(C(=O)CN2CCCCC2)c(C)c1C. The molecule has 1 aliphatic rings. The monoisotopic (exact) mass is 261 g/mol. The molecule has 3 nitrogen and oxygen atoms in total. The third-order valence-corrected chi connectivity index (χ3v) is 4.07. The summed E-state index contributed by atoms with van der Waals surface area (Å²) in [6, 6.07) is 3.79. The second-order valence-electron chi connectivity index (χ2n) is 5.33. The predicted molar refractivity (Wildman–Crippen MR) is 77.1 cm³/mol. The smallest absolute Gasteiger partial charge is 0.177 e. The molecule has 104 valence electrons. The van der Waals surface area contributed by atoms with Crippen LogP contribution >= 0.6 is 0 Å². The van der Waals surface area contributed by atoms with Gasteiger partial charge in [0.15, 0.2) is 5.78 Å². The summed E-state index contributed by atoms with van der Waals surface area (Å²) in [7, 11) is 1.66. The number of piperidine rings is 1. The number of benzene rings is 1. The first-order valence-corrected chi connectivity index (χ1v) is 7.03. The fourth-order valence-corrected chi connectivity index (χ4v) is 2.72. The Morgan fingerprint density at radius 2 is 1.84 bits per heavy atom. The lowest BCUT2D eigenvalue weighted by atomic mass is 9.98. The molecule has 0 aliphatic carbocycles. The zero-order chi connectivity index (χ0) is 13.8. The Kier molecular flexibility index (Phi) is 4.59. The Hall–Kier alpha value is -1.35. The van der Waals surface area contributed by atoms with Crippen LogP contribution in [0.4, 0.5) is 0 Å². The van der Waals surface area contributed by atoms with Crippen LogP contribution in [0.2, 0.25) is 0 Å². The van der Waals surface area contributed by atoms with E-state index in [4.69, 9.17) is 4.74 Å². The highest BCUT2D eigenvalue weighted by Crippen LogP contribution is 2.24. The summed E-state index contributed by atoms with van der Waals surface area (Å²) in [6.45, 7) is 6.67. The maximum Gasteiger partial charge on any atom is 0.177 e. The second-order valence-corrected chi connectivity index (χ2v) is 5.33. The number of ketones is 1. The molecule has 0 bridgehead atoms. The van der Waals surface area contributed by atoms with E-state index in [1.54, 1.807) is 7.11 Å². The van der Waals surface area contributed by atoms with Crippen LogP contribution in [0.3, 0.4) is 0 Å². The predicted octanol–water partition coefficient (Wildman–Crippen LogP) is 2.98. The van der Waals surface area contributed by atoms with Gasteiger partial charge in [-0.2, -0.15) is 0 Å². The molecule has 0 amide bonds. The fraction of sp³-hybridized carbons (Fsp3) is 0.562. The van der Waals surface area contributed by atoms with Crippen LogP contribution < -0.4 is 4.74 Å². The second kappa shape index (κ2) is 6.20. The van der Waals surface area contributed by atoms with Crippen molar-refractivity contribution >= 4 is 5.78 Å². The van der Waals surface area contributed by atoms with Gasteiger partial charge in [-0.15, -0.1) is 0 Å². The van der Waals surface area contributed by atoms with Crippen molar-refractivity contribution in [1.29, 1.82) is 0 Å². The number of nitrogens with zero attached hydrogens (tertiary/aromatic N) is 1. The van der Waals surface area contributed by atoms with E-state index < -0.39 is 0 Å². The van der Waals surface area contributed by atoms with Gasteiger partial charge < -0.3 is 4.74 Å². The molecule has 1 saturated heterocycles. The third kappa shape index (κ3) is 3.16. The summed E-state index contributed by atoms with van der Waals surface area (Å²) in [5.74, 6) is 1.08. The van der Waals surface area contributed by atoms with Crippen molar-refractivity contribution in [2.45, 2.75) is 33.1 Å². The van der Waals surface area contributed by atoms with E-state index in [9.17, 15) is 4.79 Å². The minimum atomic E-state index is 0.227. The van der Waals surface area contributed by atoms with Crippen LogP contribution in [-0.4, -0.2) is 37.4 Å². The number of methoxy groups -OCH3 is 1. The van der Waals surface area contributed by atoms with Crippen molar-refractivity contribution in [3.8, 4) is 5.75 Å². The van der Waals surface area contributed by atoms with Crippen LogP contribution in [0.15, 0.2) is 12.1 Å². The molecular formula is C16H23NO2. The molecule has 1 heterocycles. The number of carbonyl (C=O) groups is 1. The van der Waals surface area contributed by atoms with Crippen LogP contribution in [0, 0.1) is 13.8 Å².